The molecule has 0 aromatic heterocycles. The molecule has 0 N–H and O–H groups in total. The number of hydrogen-bond donors (Lipinski definition) is 0. The van der Waals surface area contributed by atoms with Crippen molar-refractivity contribution in [1.29, 1.82) is 5.26 Å². The van der Waals surface area contributed by atoms with Gasteiger partial charge in [0.15, 0.2) is 0 Å². The van der Waals surface area contributed by atoms with Gasteiger partial charge < -0.3 is 4.74 Å². The van der Waals surface area contributed by atoms with Gasteiger partial charge in [0.25, 0.3) is 0 Å². The molecule has 0 aromatic rings. The molecular formula is C11H13NO. The van der Waals surface area contributed by atoms with E-state index in [1.165, 1.54) is 7.11 Å². The third-order valence-electron chi connectivity index (χ3n) is 1.46. The van der Waals surface area contributed by atoms with Crippen molar-refractivity contribution >= 4 is 0 Å². The quantitative estimate of drug-likeness (QED) is 0.374. The zero-order valence-electron chi connectivity index (χ0n) is 8.00. The molecule has 0 rings (SSSR count). The van der Waals surface area contributed by atoms with Gasteiger partial charge >= 0.3 is 0 Å². The standard InChI is InChI=1S/C11H13NO/c1-5-6-7-11(9(2)8-12)10(3)13-4/h5-7H,2-3H2,1,4H3/b6-5-,11-7+. The average Bonchev–Trinajstić information content (AvgIpc) is 2.17. The van der Waals surface area contributed by atoms with Gasteiger partial charge in [0.05, 0.1) is 18.8 Å². The first-order valence-electron chi connectivity index (χ1n) is 3.83. The number of rotatable bonds is 4. The average molecular weight is 175 g/mol. The molecule has 13 heavy (non-hydrogen) atoms. The summed E-state index contributed by atoms with van der Waals surface area (Å²) in [6.45, 7) is 9.14. The van der Waals surface area contributed by atoms with Gasteiger partial charge in [0, 0.05) is 5.57 Å². The fourth-order valence-electron chi connectivity index (χ4n) is 0.724. The van der Waals surface area contributed by atoms with Crippen molar-refractivity contribution in [2.75, 3.05) is 7.11 Å². The van der Waals surface area contributed by atoms with Crippen LogP contribution >= 0.6 is 0 Å². The highest BCUT2D eigenvalue weighted by molar-refractivity contribution is 5.50. The van der Waals surface area contributed by atoms with Crippen molar-refractivity contribution in [1.82, 2.24) is 0 Å². The molecule has 2 nitrogen and oxygen atoms in total. The van der Waals surface area contributed by atoms with Crippen molar-refractivity contribution < 1.29 is 4.74 Å². The lowest BCUT2D eigenvalue weighted by molar-refractivity contribution is 0.304. The van der Waals surface area contributed by atoms with Gasteiger partial charge in [-0.25, -0.2) is 0 Å². The lowest BCUT2D eigenvalue weighted by Crippen LogP contribution is -1.92. The van der Waals surface area contributed by atoms with Crippen molar-refractivity contribution in [3.05, 3.63) is 48.3 Å². The van der Waals surface area contributed by atoms with Crippen LogP contribution in [-0.2, 0) is 4.74 Å². The molecular weight excluding hydrogens is 162 g/mol. The minimum Gasteiger partial charge on any atom is -0.497 e. The number of methoxy groups -OCH3 is 1. The minimum atomic E-state index is 0.352. The Balaban J connectivity index is 4.88. The highest BCUT2D eigenvalue weighted by atomic mass is 16.5. The van der Waals surface area contributed by atoms with E-state index < -0.39 is 0 Å². The number of nitrogens with zero attached hydrogens (tertiary/aromatic N) is 1. The maximum atomic E-state index is 8.64. The first-order valence-corrected chi connectivity index (χ1v) is 3.83. The van der Waals surface area contributed by atoms with E-state index in [1.807, 2.05) is 25.1 Å². The van der Waals surface area contributed by atoms with E-state index in [1.54, 1.807) is 6.08 Å². The van der Waals surface area contributed by atoms with Crippen molar-refractivity contribution in [2.24, 2.45) is 0 Å². The summed E-state index contributed by atoms with van der Waals surface area (Å²) in [5.41, 5.74) is 0.980. The van der Waals surface area contributed by atoms with Crippen LogP contribution in [0.25, 0.3) is 0 Å². The molecule has 0 spiro atoms. The predicted molar refractivity (Wildman–Crippen MR) is 53.8 cm³/mol. The number of ether oxygens (including phenoxy) is 1. The van der Waals surface area contributed by atoms with E-state index in [0.29, 0.717) is 16.9 Å². The second kappa shape index (κ2) is 5.84. The predicted octanol–water partition coefficient (Wildman–Crippen LogP) is 2.73. The zero-order chi connectivity index (χ0) is 10.3. The molecule has 0 atom stereocenters. The Hall–Kier alpha value is -1.75. The molecule has 0 amide bonds. The van der Waals surface area contributed by atoms with Gasteiger partial charge in [-0.2, -0.15) is 5.26 Å². The van der Waals surface area contributed by atoms with E-state index in [0.717, 1.165) is 0 Å². The van der Waals surface area contributed by atoms with Gasteiger partial charge in [-0.15, -0.1) is 0 Å². The summed E-state index contributed by atoms with van der Waals surface area (Å²) in [7, 11) is 1.51. The molecule has 0 aromatic carbocycles. The summed E-state index contributed by atoms with van der Waals surface area (Å²) in [5.74, 6) is 0.449. The highest BCUT2D eigenvalue weighted by Gasteiger charge is 2.05. The largest absolute Gasteiger partial charge is 0.497 e. The molecule has 0 unspecified atom stereocenters. The van der Waals surface area contributed by atoms with Crippen LogP contribution in [0.2, 0.25) is 0 Å². The van der Waals surface area contributed by atoms with Crippen LogP contribution in [0.3, 0.4) is 0 Å². The Kier molecular flexibility index (Phi) is 5.06. The molecule has 68 valence electrons. The molecule has 0 radical (unpaired) electrons. The molecule has 0 saturated carbocycles. The molecule has 0 fully saturated rings. The summed E-state index contributed by atoms with van der Waals surface area (Å²) in [6, 6.07) is 1.95. The Bertz CT molecular complexity index is 303. The van der Waals surface area contributed by atoms with E-state index in [9.17, 15) is 0 Å². The molecule has 0 bridgehead atoms. The third kappa shape index (κ3) is 3.44. The summed E-state index contributed by atoms with van der Waals surface area (Å²) in [4.78, 5) is 0. The van der Waals surface area contributed by atoms with Gasteiger partial charge in [0.2, 0.25) is 0 Å². The summed E-state index contributed by atoms with van der Waals surface area (Å²) in [5, 5.41) is 8.64. The van der Waals surface area contributed by atoms with Gasteiger partial charge in [-0.1, -0.05) is 31.4 Å². The van der Waals surface area contributed by atoms with Crippen LogP contribution in [0, 0.1) is 11.3 Å². The first kappa shape index (κ1) is 11.2. The van der Waals surface area contributed by atoms with Crippen molar-refractivity contribution in [2.45, 2.75) is 6.92 Å². The maximum absolute atomic E-state index is 8.64. The van der Waals surface area contributed by atoms with E-state index in [2.05, 4.69) is 13.2 Å². The molecule has 0 aliphatic heterocycles. The molecule has 0 aliphatic carbocycles. The fourth-order valence-corrected chi connectivity index (χ4v) is 0.724. The van der Waals surface area contributed by atoms with E-state index >= 15 is 0 Å². The van der Waals surface area contributed by atoms with E-state index in [4.69, 9.17) is 10.00 Å². The van der Waals surface area contributed by atoms with Crippen LogP contribution < -0.4 is 0 Å². The van der Waals surface area contributed by atoms with Gasteiger partial charge in [-0.3, -0.25) is 0 Å². The molecule has 0 aliphatic rings. The van der Waals surface area contributed by atoms with Gasteiger partial charge in [-0.05, 0) is 6.92 Å². The minimum absolute atomic E-state index is 0.352. The Labute approximate surface area is 79.1 Å². The second-order valence-corrected chi connectivity index (χ2v) is 2.32. The van der Waals surface area contributed by atoms with Gasteiger partial charge in [0.1, 0.15) is 5.76 Å². The Morgan fingerprint density at radius 2 is 2.08 bits per heavy atom. The lowest BCUT2D eigenvalue weighted by atomic mass is 10.1. The second-order valence-electron chi connectivity index (χ2n) is 2.32. The number of hydrogen-bond acceptors (Lipinski definition) is 2. The van der Waals surface area contributed by atoms with E-state index in [-0.39, 0.29) is 0 Å². The highest BCUT2D eigenvalue weighted by Crippen LogP contribution is 2.16. The first-order chi connectivity index (χ1) is 6.17. The molecule has 0 saturated heterocycles. The smallest absolute Gasteiger partial charge is 0.120 e. The number of allylic oxidation sites excluding steroid dienone is 4. The van der Waals surface area contributed by atoms with Crippen LogP contribution in [0.5, 0.6) is 0 Å². The number of nitriles is 1. The van der Waals surface area contributed by atoms with Crippen LogP contribution in [0.15, 0.2) is 48.3 Å². The topological polar surface area (TPSA) is 33.0 Å². The summed E-state index contributed by atoms with van der Waals surface area (Å²) in [6.07, 6.45) is 5.41. The maximum Gasteiger partial charge on any atom is 0.120 e. The van der Waals surface area contributed by atoms with Crippen molar-refractivity contribution in [3.63, 3.8) is 0 Å². The van der Waals surface area contributed by atoms with Crippen molar-refractivity contribution in [3.8, 4) is 6.07 Å². The summed E-state index contributed by atoms with van der Waals surface area (Å²) >= 11 is 0. The molecule has 2 heteroatoms. The zero-order valence-corrected chi connectivity index (χ0v) is 8.00. The summed E-state index contributed by atoms with van der Waals surface area (Å²) < 4.78 is 4.92. The normalized spacial score (nSPS) is 11.0. The fraction of sp³-hybridized carbons (Fsp3) is 0.182. The Morgan fingerprint density at radius 1 is 1.46 bits per heavy atom. The Morgan fingerprint density at radius 3 is 2.46 bits per heavy atom. The van der Waals surface area contributed by atoms with Crippen LogP contribution in [-0.4, -0.2) is 7.11 Å². The van der Waals surface area contributed by atoms with Crippen LogP contribution in [0.4, 0.5) is 0 Å². The molecule has 0 heterocycles. The van der Waals surface area contributed by atoms with Crippen LogP contribution in [0.1, 0.15) is 6.92 Å². The lowest BCUT2D eigenvalue weighted by Gasteiger charge is -2.05. The monoisotopic (exact) mass is 175 g/mol. The SMILES string of the molecule is C=C(C#N)/C(=C\C=C/C)C(=C)OC. The third-order valence-corrected chi connectivity index (χ3v) is 1.46.